The molecule has 0 saturated heterocycles. The minimum atomic E-state index is -5.42. The van der Waals surface area contributed by atoms with Crippen molar-refractivity contribution in [2.45, 2.75) is 6.54 Å². The van der Waals surface area contributed by atoms with Gasteiger partial charge in [-0.1, -0.05) is 30.3 Å². The van der Waals surface area contributed by atoms with E-state index >= 15 is 0 Å². The minimum absolute atomic E-state index is 0.990. The van der Waals surface area contributed by atoms with Crippen LogP contribution >= 0.6 is 0 Å². The number of rotatable bonds is 2. The molecule has 0 unspecified atom stereocenters. The average molecular weight is 249 g/mol. The summed E-state index contributed by atoms with van der Waals surface area (Å²) in [6, 6.07) is 10.6. The number of quaternary nitrogens is 1. The molecule has 6 heteroatoms. The molecule has 0 spiro atoms. The van der Waals surface area contributed by atoms with E-state index in [4.69, 9.17) is 13.0 Å². The van der Waals surface area contributed by atoms with Crippen LogP contribution in [0.5, 0.6) is 0 Å². The highest BCUT2D eigenvalue weighted by Gasteiger charge is 2.06. The average Bonchev–Trinajstić information content (AvgIpc) is 1.99. The van der Waals surface area contributed by atoms with Crippen LogP contribution in [0.15, 0.2) is 30.3 Å². The van der Waals surface area contributed by atoms with E-state index in [9.17, 15) is 3.89 Å². The van der Waals surface area contributed by atoms with Gasteiger partial charge in [0.2, 0.25) is 0 Å². The lowest BCUT2D eigenvalue weighted by atomic mass is 10.2. The van der Waals surface area contributed by atoms with Crippen molar-refractivity contribution >= 4 is 10.5 Å². The predicted molar refractivity (Wildman–Crippen MR) is 59.0 cm³/mol. The summed E-state index contributed by atoms with van der Waals surface area (Å²) >= 11 is 0. The zero-order chi connectivity index (χ0) is 12.8. The van der Waals surface area contributed by atoms with Gasteiger partial charge in [0.1, 0.15) is 6.54 Å². The zero-order valence-electron chi connectivity index (χ0n) is 9.55. The van der Waals surface area contributed by atoms with Crippen LogP contribution in [-0.4, -0.2) is 38.6 Å². The first-order valence-corrected chi connectivity index (χ1v) is 5.89. The third-order valence-electron chi connectivity index (χ3n) is 1.50. The molecule has 0 amide bonds. The molecule has 0 heterocycles. The van der Waals surface area contributed by atoms with E-state index in [2.05, 4.69) is 51.5 Å². The van der Waals surface area contributed by atoms with Gasteiger partial charge in [0.15, 0.2) is 0 Å². The highest BCUT2D eigenvalue weighted by atomic mass is 32.3. The normalized spacial score (nSPS) is 11.6. The van der Waals surface area contributed by atoms with Crippen molar-refractivity contribution in [3.63, 3.8) is 0 Å². The van der Waals surface area contributed by atoms with E-state index in [1.54, 1.807) is 0 Å². The molecular formula is C10H16FNO3S. The Labute approximate surface area is 96.0 Å². The van der Waals surface area contributed by atoms with Gasteiger partial charge in [0.25, 0.3) is 10.5 Å². The van der Waals surface area contributed by atoms with Gasteiger partial charge >= 0.3 is 0 Å². The summed E-state index contributed by atoms with van der Waals surface area (Å²) in [6.45, 7) is 1.10. The molecule has 4 nitrogen and oxygen atoms in total. The number of halogens is 1. The first kappa shape index (κ1) is 15.0. The molecule has 0 bridgehead atoms. The van der Waals surface area contributed by atoms with Crippen molar-refractivity contribution in [2.24, 2.45) is 0 Å². The van der Waals surface area contributed by atoms with Gasteiger partial charge in [-0.15, -0.1) is 3.89 Å². The van der Waals surface area contributed by atoms with E-state index in [1.165, 1.54) is 5.56 Å². The molecule has 1 rings (SSSR count). The molecule has 0 aromatic heterocycles. The monoisotopic (exact) mass is 249 g/mol. The lowest BCUT2D eigenvalue weighted by Gasteiger charge is -2.23. The van der Waals surface area contributed by atoms with Crippen molar-refractivity contribution in [3.8, 4) is 0 Å². The van der Waals surface area contributed by atoms with Gasteiger partial charge in [0.05, 0.1) is 21.1 Å². The maximum Gasteiger partial charge on any atom is 0.255 e. The van der Waals surface area contributed by atoms with Crippen molar-refractivity contribution < 1.29 is 21.3 Å². The quantitative estimate of drug-likeness (QED) is 0.451. The summed E-state index contributed by atoms with van der Waals surface area (Å²) in [5, 5.41) is 0. The lowest BCUT2D eigenvalue weighted by Crippen LogP contribution is -2.33. The first-order valence-electron chi connectivity index (χ1n) is 4.58. The summed E-state index contributed by atoms with van der Waals surface area (Å²) in [5.74, 6) is 0. The Morgan fingerprint density at radius 1 is 1.19 bits per heavy atom. The maximum absolute atomic E-state index is 10.1. The van der Waals surface area contributed by atoms with Gasteiger partial charge in [-0.05, 0) is 0 Å². The topological polar surface area (TPSA) is 57.2 Å². The number of nitrogens with zero attached hydrogens (tertiary/aromatic N) is 1. The van der Waals surface area contributed by atoms with Crippen molar-refractivity contribution in [2.75, 3.05) is 21.1 Å². The summed E-state index contributed by atoms with van der Waals surface area (Å²) in [7, 11) is 1.19. The van der Waals surface area contributed by atoms with E-state index < -0.39 is 10.5 Å². The Hall–Kier alpha value is -0.980. The molecule has 16 heavy (non-hydrogen) atoms. The molecule has 0 N–H and O–H groups in total. The Morgan fingerprint density at radius 3 is 1.88 bits per heavy atom. The Balaban J connectivity index is 0.000000385. The van der Waals surface area contributed by atoms with Crippen LogP contribution in [0.3, 0.4) is 0 Å². The van der Waals surface area contributed by atoms with Crippen molar-refractivity contribution in [1.82, 2.24) is 0 Å². The van der Waals surface area contributed by atoms with Crippen LogP contribution in [-0.2, 0) is 17.0 Å². The van der Waals surface area contributed by atoms with Gasteiger partial charge in [0, 0.05) is 5.56 Å². The highest BCUT2D eigenvalue weighted by molar-refractivity contribution is 7.80. The molecule has 0 aliphatic heterocycles. The van der Waals surface area contributed by atoms with E-state index in [1.807, 2.05) is 0 Å². The SMILES string of the molecule is C[N+](C)(C)Cc1ccccc1.O=S(=O)([O-])F. The molecular weight excluding hydrogens is 233 g/mol. The van der Waals surface area contributed by atoms with Crippen LogP contribution in [0, 0.1) is 0 Å². The van der Waals surface area contributed by atoms with Crippen LogP contribution in [0.1, 0.15) is 5.56 Å². The Morgan fingerprint density at radius 2 is 1.56 bits per heavy atom. The fraction of sp³-hybridized carbons (Fsp3) is 0.400. The smallest absolute Gasteiger partial charge is 0.255 e. The highest BCUT2D eigenvalue weighted by Crippen LogP contribution is 2.05. The summed E-state index contributed by atoms with van der Waals surface area (Å²) < 4.78 is 36.3. The standard InChI is InChI=1S/C10H16N.FHO3S/c1-11(2,3)9-10-7-5-4-6-8-10;1-5(2,3)4/h4-8H,9H2,1-3H3;(H,2,3,4)/q+1;/p-1. The van der Waals surface area contributed by atoms with Gasteiger partial charge in [-0.3, -0.25) is 0 Å². The summed E-state index contributed by atoms with van der Waals surface area (Å²) in [5.41, 5.74) is 1.40. The summed E-state index contributed by atoms with van der Waals surface area (Å²) in [4.78, 5) is 0. The molecule has 0 radical (unpaired) electrons. The van der Waals surface area contributed by atoms with Gasteiger partial charge < -0.3 is 9.04 Å². The Bertz CT molecular complexity index is 390. The lowest BCUT2D eigenvalue weighted by molar-refractivity contribution is -0.884. The third kappa shape index (κ3) is 13.0. The second-order valence-electron chi connectivity index (χ2n) is 4.33. The van der Waals surface area contributed by atoms with E-state index in [0.29, 0.717) is 0 Å². The second kappa shape index (κ2) is 5.93. The molecule has 1 aromatic rings. The predicted octanol–water partition coefficient (Wildman–Crippen LogP) is 1.31. The number of hydrogen-bond acceptors (Lipinski definition) is 3. The fourth-order valence-corrected chi connectivity index (χ4v) is 1.13. The van der Waals surface area contributed by atoms with Gasteiger partial charge in [-0.2, -0.15) is 0 Å². The second-order valence-corrected chi connectivity index (χ2v) is 5.11. The van der Waals surface area contributed by atoms with Crippen LogP contribution in [0.25, 0.3) is 0 Å². The van der Waals surface area contributed by atoms with Gasteiger partial charge in [-0.25, -0.2) is 8.42 Å². The largest absolute Gasteiger partial charge is 0.722 e. The molecule has 0 aliphatic carbocycles. The van der Waals surface area contributed by atoms with Crippen LogP contribution in [0.2, 0.25) is 0 Å². The third-order valence-corrected chi connectivity index (χ3v) is 1.50. The molecule has 0 atom stereocenters. The minimum Gasteiger partial charge on any atom is -0.722 e. The van der Waals surface area contributed by atoms with E-state index in [-0.39, 0.29) is 0 Å². The number of benzene rings is 1. The van der Waals surface area contributed by atoms with Crippen molar-refractivity contribution in [3.05, 3.63) is 35.9 Å². The Kier molecular flexibility index (Phi) is 5.57. The van der Waals surface area contributed by atoms with Crippen LogP contribution < -0.4 is 0 Å². The molecule has 0 fully saturated rings. The van der Waals surface area contributed by atoms with Crippen molar-refractivity contribution in [1.29, 1.82) is 0 Å². The maximum atomic E-state index is 10.1. The first-order chi connectivity index (χ1) is 7.08. The summed E-state index contributed by atoms with van der Waals surface area (Å²) in [6.07, 6.45) is 0. The zero-order valence-corrected chi connectivity index (χ0v) is 10.4. The molecule has 0 aliphatic rings. The van der Waals surface area contributed by atoms with E-state index in [0.717, 1.165) is 11.0 Å². The fourth-order valence-electron chi connectivity index (χ4n) is 1.13. The number of hydrogen-bond donors (Lipinski definition) is 0. The molecule has 0 saturated carbocycles. The van der Waals surface area contributed by atoms with Crippen LogP contribution in [0.4, 0.5) is 3.89 Å². The molecule has 1 aromatic carbocycles. The molecule has 92 valence electrons.